The van der Waals surface area contributed by atoms with Gasteiger partial charge in [0.2, 0.25) is 5.91 Å². The Kier molecular flexibility index (Phi) is 8.21. The highest BCUT2D eigenvalue weighted by atomic mass is 35.5. The van der Waals surface area contributed by atoms with Gasteiger partial charge in [0.1, 0.15) is 6.04 Å². The van der Waals surface area contributed by atoms with Gasteiger partial charge in [-0.25, -0.2) is 0 Å². The molecule has 0 saturated carbocycles. The first-order chi connectivity index (χ1) is 13.8. The van der Waals surface area contributed by atoms with Gasteiger partial charge in [-0.05, 0) is 43.2 Å². The molecule has 0 bridgehead atoms. The van der Waals surface area contributed by atoms with E-state index in [0.717, 1.165) is 0 Å². The fourth-order valence-electron chi connectivity index (χ4n) is 2.53. The van der Waals surface area contributed by atoms with Crippen LogP contribution in [0.2, 0.25) is 5.02 Å². The van der Waals surface area contributed by atoms with Crippen LogP contribution in [0.4, 0.5) is 8.78 Å². The van der Waals surface area contributed by atoms with Crippen molar-refractivity contribution < 1.29 is 27.8 Å². The predicted molar refractivity (Wildman–Crippen MR) is 105 cm³/mol. The lowest BCUT2D eigenvalue weighted by molar-refractivity contribution is -0.122. The van der Waals surface area contributed by atoms with E-state index in [1.807, 2.05) is 0 Å². The van der Waals surface area contributed by atoms with Crippen molar-refractivity contribution in [1.82, 2.24) is 10.6 Å². The van der Waals surface area contributed by atoms with Crippen LogP contribution in [0.3, 0.4) is 0 Å². The van der Waals surface area contributed by atoms with Gasteiger partial charge in [0.05, 0.1) is 17.7 Å². The van der Waals surface area contributed by atoms with Crippen LogP contribution in [0.15, 0.2) is 42.5 Å². The summed E-state index contributed by atoms with van der Waals surface area (Å²) in [6.45, 7) is -1.18. The largest absolute Gasteiger partial charge is 0.493 e. The summed E-state index contributed by atoms with van der Waals surface area (Å²) in [5.74, 6) is -0.731. The second-order valence-electron chi connectivity index (χ2n) is 6.08. The molecule has 0 radical (unpaired) electrons. The Bertz CT molecular complexity index is 864. The zero-order chi connectivity index (χ0) is 21.4. The molecule has 1 unspecified atom stereocenters. The summed E-state index contributed by atoms with van der Waals surface area (Å²) in [7, 11) is 1.35. The molecule has 156 valence electrons. The summed E-state index contributed by atoms with van der Waals surface area (Å²) < 4.78 is 34.4. The molecular weight excluding hydrogens is 406 g/mol. The van der Waals surface area contributed by atoms with Crippen LogP contribution in [0.25, 0.3) is 0 Å². The molecule has 2 aromatic rings. The van der Waals surface area contributed by atoms with Crippen LogP contribution in [-0.4, -0.2) is 38.1 Å². The van der Waals surface area contributed by atoms with Gasteiger partial charge in [-0.3, -0.25) is 9.59 Å². The maximum Gasteiger partial charge on any atom is 0.387 e. The number of carbonyl (C=O) groups excluding carboxylic acids is 2. The van der Waals surface area contributed by atoms with Gasteiger partial charge in [-0.1, -0.05) is 29.8 Å². The molecule has 2 rings (SSSR count). The number of nitrogens with one attached hydrogen (secondary N) is 2. The normalized spacial score (nSPS) is 11.7. The van der Waals surface area contributed by atoms with Gasteiger partial charge < -0.3 is 20.1 Å². The fourth-order valence-corrected chi connectivity index (χ4v) is 2.75. The molecule has 2 N–H and O–H groups in total. The number of alkyl halides is 2. The fraction of sp³-hybridized carbons (Fsp3) is 0.300. The minimum atomic E-state index is -2.97. The third-order valence-corrected chi connectivity index (χ3v) is 4.35. The minimum absolute atomic E-state index is 0.0771. The second kappa shape index (κ2) is 10.6. The number of hydrogen-bond acceptors (Lipinski definition) is 4. The molecule has 0 spiro atoms. The highest BCUT2D eigenvalue weighted by Gasteiger charge is 2.18. The molecule has 0 aliphatic rings. The predicted octanol–water partition coefficient (Wildman–Crippen LogP) is 3.43. The number of methoxy groups -OCH3 is 1. The van der Waals surface area contributed by atoms with Crippen LogP contribution in [0, 0.1) is 0 Å². The number of carbonyl (C=O) groups is 2. The Labute approximate surface area is 172 Å². The van der Waals surface area contributed by atoms with Gasteiger partial charge in [-0.2, -0.15) is 8.78 Å². The highest BCUT2D eigenvalue weighted by molar-refractivity contribution is 6.33. The molecule has 0 aliphatic carbocycles. The van der Waals surface area contributed by atoms with E-state index < -0.39 is 18.6 Å². The topological polar surface area (TPSA) is 76.7 Å². The summed E-state index contributed by atoms with van der Waals surface area (Å²) in [6.07, 6.45) is 0.376. The summed E-state index contributed by atoms with van der Waals surface area (Å²) in [5.41, 5.74) is 0.952. The Morgan fingerprint density at radius 3 is 2.52 bits per heavy atom. The maximum atomic E-state index is 12.5. The van der Waals surface area contributed by atoms with Crippen LogP contribution in [0.1, 0.15) is 22.8 Å². The lowest BCUT2D eigenvalue weighted by Gasteiger charge is -2.15. The van der Waals surface area contributed by atoms with Crippen molar-refractivity contribution in [2.45, 2.75) is 26.0 Å². The molecule has 0 heterocycles. The molecule has 1 atom stereocenters. The number of hydrogen-bond donors (Lipinski definition) is 2. The quantitative estimate of drug-likeness (QED) is 0.644. The van der Waals surface area contributed by atoms with Crippen molar-refractivity contribution in [3.05, 3.63) is 58.6 Å². The van der Waals surface area contributed by atoms with E-state index >= 15 is 0 Å². The Balaban J connectivity index is 1.87. The Morgan fingerprint density at radius 1 is 1.14 bits per heavy atom. The van der Waals surface area contributed by atoms with Crippen molar-refractivity contribution in [3.8, 4) is 11.5 Å². The molecule has 9 heteroatoms. The first kappa shape index (κ1) is 22.4. The third kappa shape index (κ3) is 6.60. The zero-order valence-electron chi connectivity index (χ0n) is 15.9. The van der Waals surface area contributed by atoms with E-state index in [2.05, 4.69) is 15.4 Å². The van der Waals surface area contributed by atoms with E-state index in [0.29, 0.717) is 17.0 Å². The average Bonchev–Trinajstić information content (AvgIpc) is 2.67. The van der Waals surface area contributed by atoms with Crippen molar-refractivity contribution in [2.75, 3.05) is 13.7 Å². The number of rotatable bonds is 9. The lowest BCUT2D eigenvalue weighted by atomic mass is 10.1. The molecule has 2 amide bonds. The first-order valence-corrected chi connectivity index (χ1v) is 9.14. The van der Waals surface area contributed by atoms with Gasteiger partial charge in [0, 0.05) is 6.54 Å². The molecule has 0 saturated heterocycles. The molecule has 29 heavy (non-hydrogen) atoms. The average molecular weight is 427 g/mol. The first-order valence-electron chi connectivity index (χ1n) is 8.76. The Morgan fingerprint density at radius 2 is 1.86 bits per heavy atom. The molecule has 0 aromatic heterocycles. The SMILES string of the molecule is COc1ccc(CCNC(=O)C(C)NC(=O)c2ccccc2Cl)cc1OC(F)F. The van der Waals surface area contributed by atoms with E-state index in [1.165, 1.54) is 19.2 Å². The monoisotopic (exact) mass is 426 g/mol. The second-order valence-corrected chi connectivity index (χ2v) is 6.49. The third-order valence-electron chi connectivity index (χ3n) is 4.02. The van der Waals surface area contributed by atoms with E-state index in [1.54, 1.807) is 37.3 Å². The lowest BCUT2D eigenvalue weighted by Crippen LogP contribution is -2.45. The van der Waals surface area contributed by atoms with Crippen molar-refractivity contribution in [2.24, 2.45) is 0 Å². The molecule has 0 fully saturated rings. The van der Waals surface area contributed by atoms with Crippen molar-refractivity contribution >= 4 is 23.4 Å². The molecule has 2 aromatic carbocycles. The standard InChI is InChI=1S/C20H21ClF2N2O4/c1-12(25-19(27)14-5-3-4-6-15(14)21)18(26)24-10-9-13-7-8-16(28-2)17(11-13)29-20(22)23/h3-8,11-12,20H,9-10H2,1-2H3,(H,24,26)(H,25,27). The van der Waals surface area contributed by atoms with E-state index in [-0.39, 0.29) is 29.5 Å². The highest BCUT2D eigenvalue weighted by Crippen LogP contribution is 2.29. The summed E-state index contributed by atoms with van der Waals surface area (Å²) in [5, 5.41) is 5.55. The van der Waals surface area contributed by atoms with Crippen LogP contribution >= 0.6 is 11.6 Å². The minimum Gasteiger partial charge on any atom is -0.493 e. The van der Waals surface area contributed by atoms with Crippen molar-refractivity contribution in [1.29, 1.82) is 0 Å². The van der Waals surface area contributed by atoms with Crippen LogP contribution in [0.5, 0.6) is 11.5 Å². The van der Waals surface area contributed by atoms with Gasteiger partial charge in [-0.15, -0.1) is 0 Å². The summed E-state index contributed by atoms with van der Waals surface area (Å²) >= 11 is 5.97. The number of amides is 2. The Hall–Kier alpha value is -2.87. The number of halogens is 3. The smallest absolute Gasteiger partial charge is 0.387 e. The summed E-state index contributed by atoms with van der Waals surface area (Å²) in [4.78, 5) is 24.4. The molecular formula is C20H21ClF2N2O4. The van der Waals surface area contributed by atoms with Gasteiger partial charge in [0.25, 0.3) is 5.91 Å². The molecule has 6 nitrogen and oxygen atoms in total. The van der Waals surface area contributed by atoms with Gasteiger partial charge >= 0.3 is 6.61 Å². The van der Waals surface area contributed by atoms with Crippen LogP contribution in [-0.2, 0) is 11.2 Å². The summed E-state index contributed by atoms with van der Waals surface area (Å²) in [6, 6.07) is 10.4. The number of benzene rings is 2. The van der Waals surface area contributed by atoms with Gasteiger partial charge in [0.15, 0.2) is 11.5 Å². The van der Waals surface area contributed by atoms with Crippen LogP contribution < -0.4 is 20.1 Å². The zero-order valence-corrected chi connectivity index (χ0v) is 16.6. The maximum absolute atomic E-state index is 12.5. The van der Waals surface area contributed by atoms with E-state index in [4.69, 9.17) is 16.3 Å². The molecule has 0 aliphatic heterocycles. The van der Waals surface area contributed by atoms with E-state index in [9.17, 15) is 18.4 Å². The van der Waals surface area contributed by atoms with Crippen molar-refractivity contribution in [3.63, 3.8) is 0 Å². The number of ether oxygens (including phenoxy) is 2.